The van der Waals surface area contributed by atoms with Crippen molar-refractivity contribution in [1.82, 2.24) is 19.9 Å². The predicted octanol–water partition coefficient (Wildman–Crippen LogP) is 3.12. The number of nitrogens with zero attached hydrogens (tertiary/aromatic N) is 4. The molecule has 2 aromatic heterocycles. The largest absolute Gasteiger partial charge is 0.480 e. The summed E-state index contributed by atoms with van der Waals surface area (Å²) in [5.41, 5.74) is 2.09. The first-order valence-corrected chi connectivity index (χ1v) is 8.78. The molecule has 0 bridgehead atoms. The van der Waals surface area contributed by atoms with Gasteiger partial charge in [-0.3, -0.25) is 0 Å². The van der Waals surface area contributed by atoms with Gasteiger partial charge < -0.3 is 19.5 Å². The van der Waals surface area contributed by atoms with Crippen molar-refractivity contribution < 1.29 is 14.2 Å². The van der Waals surface area contributed by atoms with Gasteiger partial charge in [-0.15, -0.1) is 0 Å². The number of aryl methyl sites for hydroxylation is 1. The van der Waals surface area contributed by atoms with E-state index in [1.165, 1.54) is 7.11 Å². The summed E-state index contributed by atoms with van der Waals surface area (Å²) in [5, 5.41) is 3.42. The van der Waals surface area contributed by atoms with Crippen LogP contribution in [0.25, 0.3) is 11.3 Å². The first-order chi connectivity index (χ1) is 12.6. The van der Waals surface area contributed by atoms with Crippen LogP contribution in [-0.4, -0.2) is 47.3 Å². The van der Waals surface area contributed by atoms with Gasteiger partial charge in [0.1, 0.15) is 5.69 Å². The first-order valence-electron chi connectivity index (χ1n) is 8.78. The summed E-state index contributed by atoms with van der Waals surface area (Å²) in [4.78, 5) is 17.8. The fourth-order valence-electron chi connectivity index (χ4n) is 2.61. The molecule has 0 atom stereocenters. The number of rotatable bonds is 9. The zero-order valence-electron chi connectivity index (χ0n) is 16.3. The molecule has 2 heterocycles. The smallest absolute Gasteiger partial charge is 0.319 e. The Balaban J connectivity index is 2.56. The van der Waals surface area contributed by atoms with Gasteiger partial charge in [-0.2, -0.15) is 4.98 Å². The molecule has 26 heavy (non-hydrogen) atoms. The number of anilines is 1. The highest BCUT2D eigenvalue weighted by Crippen LogP contribution is 2.33. The van der Waals surface area contributed by atoms with Gasteiger partial charge in [0.15, 0.2) is 5.82 Å². The highest BCUT2D eigenvalue weighted by Gasteiger charge is 2.20. The highest BCUT2D eigenvalue weighted by molar-refractivity contribution is 5.69. The van der Waals surface area contributed by atoms with Crippen LogP contribution in [0.1, 0.15) is 39.3 Å². The fourth-order valence-corrected chi connectivity index (χ4v) is 2.61. The number of aromatic nitrogens is 4. The molecule has 0 spiro atoms. The van der Waals surface area contributed by atoms with Crippen molar-refractivity contribution in [2.75, 3.05) is 26.6 Å². The van der Waals surface area contributed by atoms with Crippen LogP contribution in [-0.2, 0) is 6.42 Å². The van der Waals surface area contributed by atoms with E-state index in [-0.39, 0.29) is 6.01 Å². The molecule has 0 aliphatic heterocycles. The summed E-state index contributed by atoms with van der Waals surface area (Å²) in [6, 6.07) is 0.545. The predicted molar refractivity (Wildman–Crippen MR) is 100 cm³/mol. The van der Waals surface area contributed by atoms with E-state index in [9.17, 15) is 0 Å². The van der Waals surface area contributed by atoms with Crippen LogP contribution in [0.2, 0.25) is 0 Å². The SMILES string of the molecule is CCc1nc(NC(CC)CC)c(OC)nc1-c1cnc(OC)nc1OC. The maximum Gasteiger partial charge on any atom is 0.319 e. The number of ether oxygens (including phenoxy) is 3. The molecule has 0 saturated carbocycles. The number of methoxy groups -OCH3 is 3. The summed E-state index contributed by atoms with van der Waals surface area (Å²) in [5.74, 6) is 1.46. The maximum atomic E-state index is 5.47. The number of nitrogens with one attached hydrogen (secondary N) is 1. The zero-order valence-corrected chi connectivity index (χ0v) is 16.3. The second-order valence-electron chi connectivity index (χ2n) is 5.67. The second kappa shape index (κ2) is 9.17. The second-order valence-corrected chi connectivity index (χ2v) is 5.67. The van der Waals surface area contributed by atoms with Crippen LogP contribution >= 0.6 is 0 Å². The van der Waals surface area contributed by atoms with Gasteiger partial charge >= 0.3 is 6.01 Å². The van der Waals surface area contributed by atoms with Crippen LogP contribution in [0.5, 0.6) is 17.8 Å². The summed E-state index contributed by atoms with van der Waals surface area (Å²) in [6.07, 6.45) is 4.30. The Labute approximate surface area is 154 Å². The molecule has 0 radical (unpaired) electrons. The summed E-state index contributed by atoms with van der Waals surface area (Å²) < 4.78 is 15.9. The average Bonchev–Trinajstić information content (AvgIpc) is 2.70. The molecule has 1 N–H and O–H groups in total. The van der Waals surface area contributed by atoms with Crippen molar-refractivity contribution in [3.63, 3.8) is 0 Å². The quantitative estimate of drug-likeness (QED) is 0.728. The summed E-state index contributed by atoms with van der Waals surface area (Å²) in [7, 11) is 4.64. The molecule has 142 valence electrons. The van der Waals surface area contributed by atoms with Gasteiger partial charge in [-0.25, -0.2) is 15.0 Å². The normalized spacial score (nSPS) is 10.7. The van der Waals surface area contributed by atoms with Crippen LogP contribution in [0.15, 0.2) is 6.20 Å². The molecule has 2 rings (SSSR count). The van der Waals surface area contributed by atoms with Crippen LogP contribution in [0.3, 0.4) is 0 Å². The Morgan fingerprint density at radius 1 is 0.923 bits per heavy atom. The Kier molecular flexibility index (Phi) is 6.94. The van der Waals surface area contributed by atoms with Gasteiger partial charge in [0.25, 0.3) is 5.88 Å². The highest BCUT2D eigenvalue weighted by atomic mass is 16.5. The third-order valence-electron chi connectivity index (χ3n) is 4.15. The Bertz CT molecular complexity index is 735. The van der Waals surface area contributed by atoms with Crippen molar-refractivity contribution in [3.05, 3.63) is 11.9 Å². The van der Waals surface area contributed by atoms with E-state index in [0.29, 0.717) is 41.3 Å². The van der Waals surface area contributed by atoms with Gasteiger partial charge in [0.2, 0.25) is 5.88 Å². The third-order valence-corrected chi connectivity index (χ3v) is 4.15. The molecule has 0 aliphatic rings. The van der Waals surface area contributed by atoms with Crippen LogP contribution in [0.4, 0.5) is 5.82 Å². The molecule has 0 saturated heterocycles. The van der Waals surface area contributed by atoms with Crippen molar-refractivity contribution >= 4 is 5.82 Å². The molecule has 0 amide bonds. The Morgan fingerprint density at radius 3 is 2.15 bits per heavy atom. The van der Waals surface area contributed by atoms with Crippen molar-refractivity contribution in [2.24, 2.45) is 0 Å². The van der Waals surface area contributed by atoms with Crippen LogP contribution in [0, 0.1) is 0 Å². The molecule has 0 aromatic carbocycles. The topological polar surface area (TPSA) is 91.3 Å². The molecule has 0 fully saturated rings. The van der Waals surface area contributed by atoms with Crippen molar-refractivity contribution in [1.29, 1.82) is 0 Å². The Hall–Kier alpha value is -2.64. The Morgan fingerprint density at radius 2 is 1.62 bits per heavy atom. The van der Waals surface area contributed by atoms with Crippen LogP contribution < -0.4 is 19.5 Å². The van der Waals surface area contributed by atoms with E-state index in [2.05, 4.69) is 34.1 Å². The van der Waals surface area contributed by atoms with Crippen molar-refractivity contribution in [3.8, 4) is 29.0 Å². The van der Waals surface area contributed by atoms with E-state index in [1.807, 2.05) is 6.92 Å². The standard InChI is InChI=1S/C18H27N5O3/c1-7-11(8-2)20-15-17(25-5)22-14(13(9-3)21-15)12-10-19-18(26-6)23-16(12)24-4/h10-11H,7-9H2,1-6H3,(H,20,21). The summed E-state index contributed by atoms with van der Waals surface area (Å²) in [6.45, 7) is 6.29. The minimum atomic E-state index is 0.232. The molecule has 0 unspecified atom stereocenters. The third kappa shape index (κ3) is 4.12. The lowest BCUT2D eigenvalue weighted by molar-refractivity contribution is 0.353. The maximum absolute atomic E-state index is 5.47. The molecule has 8 heteroatoms. The monoisotopic (exact) mass is 361 g/mol. The van der Waals surface area contributed by atoms with E-state index >= 15 is 0 Å². The van der Waals surface area contributed by atoms with Crippen molar-refractivity contribution in [2.45, 2.75) is 46.1 Å². The van der Waals surface area contributed by atoms with E-state index in [0.717, 1.165) is 18.5 Å². The van der Waals surface area contributed by atoms with Gasteiger partial charge in [-0.1, -0.05) is 20.8 Å². The molecule has 2 aromatic rings. The number of hydrogen-bond donors (Lipinski definition) is 1. The molecular formula is C18H27N5O3. The van der Waals surface area contributed by atoms with Gasteiger partial charge in [-0.05, 0) is 19.3 Å². The van der Waals surface area contributed by atoms with Gasteiger partial charge in [0, 0.05) is 12.2 Å². The molecule has 8 nitrogen and oxygen atoms in total. The minimum Gasteiger partial charge on any atom is -0.480 e. The fraction of sp³-hybridized carbons (Fsp3) is 0.556. The lowest BCUT2D eigenvalue weighted by Crippen LogP contribution is -2.19. The van der Waals surface area contributed by atoms with E-state index in [4.69, 9.17) is 19.2 Å². The van der Waals surface area contributed by atoms with Gasteiger partial charge in [0.05, 0.1) is 32.6 Å². The molecule has 0 aliphatic carbocycles. The molecular weight excluding hydrogens is 334 g/mol. The first kappa shape index (κ1) is 19.7. The van der Waals surface area contributed by atoms with E-state index < -0.39 is 0 Å². The van der Waals surface area contributed by atoms with E-state index in [1.54, 1.807) is 20.4 Å². The zero-order chi connectivity index (χ0) is 19.1. The minimum absolute atomic E-state index is 0.232. The lowest BCUT2D eigenvalue weighted by Gasteiger charge is -2.19. The lowest BCUT2D eigenvalue weighted by atomic mass is 10.1. The average molecular weight is 361 g/mol. The number of hydrogen-bond acceptors (Lipinski definition) is 8. The summed E-state index contributed by atoms with van der Waals surface area (Å²) >= 11 is 0.